The third-order valence-corrected chi connectivity index (χ3v) is 3.85. The van der Waals surface area contributed by atoms with Gasteiger partial charge < -0.3 is 20.6 Å². The van der Waals surface area contributed by atoms with Crippen LogP contribution in [0.25, 0.3) is 0 Å². The van der Waals surface area contributed by atoms with Crippen molar-refractivity contribution in [3.05, 3.63) is 60.3 Å². The van der Waals surface area contributed by atoms with Gasteiger partial charge >= 0.3 is 0 Å². The molecule has 0 heterocycles. The first-order chi connectivity index (χ1) is 12.6. The van der Waals surface area contributed by atoms with Crippen molar-refractivity contribution < 1.29 is 9.90 Å². The summed E-state index contributed by atoms with van der Waals surface area (Å²) in [6, 6.07) is 15.8. The van der Waals surface area contributed by atoms with E-state index in [0.29, 0.717) is 5.69 Å². The molecule has 0 aliphatic heterocycles. The first kappa shape index (κ1) is 18.9. The van der Waals surface area contributed by atoms with Crippen LogP contribution >= 0.6 is 0 Å². The van der Waals surface area contributed by atoms with Crippen LogP contribution < -0.4 is 15.5 Å². The largest absolute Gasteiger partial charge is 0.508 e. The van der Waals surface area contributed by atoms with Crippen molar-refractivity contribution in [2.45, 2.75) is 13.8 Å². The lowest BCUT2D eigenvalue weighted by atomic mass is 10.2. The molecule has 0 radical (unpaired) electrons. The number of carbonyl (C=O) groups is 1. The van der Waals surface area contributed by atoms with E-state index in [-0.39, 0.29) is 11.3 Å². The Labute approximate surface area is 153 Å². The molecule has 0 aliphatic rings. The molecule has 134 valence electrons. The van der Waals surface area contributed by atoms with Crippen LogP contribution in [-0.2, 0) is 4.79 Å². The van der Waals surface area contributed by atoms with Gasteiger partial charge in [0.25, 0.3) is 5.91 Å². The minimum Gasteiger partial charge on any atom is -0.508 e. The second-order valence-corrected chi connectivity index (χ2v) is 5.54. The van der Waals surface area contributed by atoms with E-state index in [4.69, 9.17) is 0 Å². The number of phenols is 1. The molecule has 0 aromatic heterocycles. The summed E-state index contributed by atoms with van der Waals surface area (Å²) >= 11 is 0. The minimum absolute atomic E-state index is 0.0386. The quantitative estimate of drug-likeness (QED) is 0.523. The Balaban J connectivity index is 2.04. The lowest BCUT2D eigenvalue weighted by Gasteiger charge is -2.21. The Morgan fingerprint density at radius 3 is 2.42 bits per heavy atom. The number of amides is 1. The van der Waals surface area contributed by atoms with Gasteiger partial charge in [-0.3, -0.25) is 4.79 Å². The number of aromatic hydroxyl groups is 1. The van der Waals surface area contributed by atoms with Crippen LogP contribution in [0, 0.1) is 11.3 Å². The molecule has 0 atom stereocenters. The van der Waals surface area contributed by atoms with Gasteiger partial charge in [-0.25, -0.2) is 0 Å². The molecule has 6 heteroatoms. The van der Waals surface area contributed by atoms with Crippen molar-refractivity contribution in [2.24, 2.45) is 0 Å². The molecular weight excluding hydrogens is 328 g/mol. The van der Waals surface area contributed by atoms with Crippen molar-refractivity contribution in [1.29, 1.82) is 5.26 Å². The number of phenolic OH excluding ortho intramolecular Hbond substituents is 1. The fourth-order valence-electron chi connectivity index (χ4n) is 2.44. The van der Waals surface area contributed by atoms with Crippen molar-refractivity contribution in [3.63, 3.8) is 0 Å². The van der Waals surface area contributed by atoms with E-state index in [1.165, 1.54) is 18.3 Å². The number of nitrogens with one attached hydrogen (secondary N) is 2. The lowest BCUT2D eigenvalue weighted by molar-refractivity contribution is -0.112. The summed E-state index contributed by atoms with van der Waals surface area (Å²) in [5.74, 6) is -0.512. The number of anilines is 3. The van der Waals surface area contributed by atoms with Gasteiger partial charge in [0.1, 0.15) is 17.4 Å². The van der Waals surface area contributed by atoms with E-state index in [9.17, 15) is 15.2 Å². The van der Waals surface area contributed by atoms with Crippen LogP contribution in [0.2, 0.25) is 0 Å². The highest BCUT2D eigenvalue weighted by atomic mass is 16.3. The molecule has 3 N–H and O–H groups in total. The minimum atomic E-state index is -0.551. The molecule has 0 fully saturated rings. The average Bonchev–Trinajstić information content (AvgIpc) is 2.64. The van der Waals surface area contributed by atoms with Crippen molar-refractivity contribution in [3.8, 4) is 11.8 Å². The third-order valence-electron chi connectivity index (χ3n) is 3.85. The summed E-state index contributed by atoms with van der Waals surface area (Å²) < 4.78 is 0. The van der Waals surface area contributed by atoms with Gasteiger partial charge in [-0.15, -0.1) is 0 Å². The van der Waals surface area contributed by atoms with E-state index in [0.717, 1.165) is 24.5 Å². The summed E-state index contributed by atoms with van der Waals surface area (Å²) in [5, 5.41) is 24.2. The predicted molar refractivity (Wildman–Crippen MR) is 104 cm³/mol. The number of hydrogen-bond donors (Lipinski definition) is 3. The Morgan fingerprint density at radius 1 is 1.15 bits per heavy atom. The van der Waals surface area contributed by atoms with E-state index >= 15 is 0 Å². The SMILES string of the molecule is CCN(CC)c1ccc(N/C=C(/C#N)C(=O)Nc2cccc(O)c2)cc1. The molecule has 0 spiro atoms. The van der Waals surface area contributed by atoms with Gasteiger partial charge in [-0.2, -0.15) is 5.26 Å². The van der Waals surface area contributed by atoms with Crippen LogP contribution in [0.15, 0.2) is 60.3 Å². The number of benzene rings is 2. The number of hydrogen-bond acceptors (Lipinski definition) is 5. The fraction of sp³-hybridized carbons (Fsp3) is 0.200. The highest BCUT2D eigenvalue weighted by molar-refractivity contribution is 6.06. The van der Waals surface area contributed by atoms with Crippen LogP contribution in [-0.4, -0.2) is 24.1 Å². The summed E-state index contributed by atoms with van der Waals surface area (Å²) in [7, 11) is 0. The summed E-state index contributed by atoms with van der Waals surface area (Å²) in [5.41, 5.74) is 2.24. The molecule has 0 saturated heterocycles. The number of carbonyl (C=O) groups excluding carboxylic acids is 1. The maximum absolute atomic E-state index is 12.2. The first-order valence-electron chi connectivity index (χ1n) is 8.39. The highest BCUT2D eigenvalue weighted by Crippen LogP contribution is 2.18. The van der Waals surface area contributed by atoms with Crippen LogP contribution in [0.5, 0.6) is 5.75 Å². The van der Waals surface area contributed by atoms with Crippen LogP contribution in [0.4, 0.5) is 17.1 Å². The standard InChI is InChI=1S/C20H22N4O2/c1-3-24(4-2)18-10-8-16(9-11-18)22-14-15(13-21)20(26)23-17-6-5-7-19(25)12-17/h5-12,14,22,25H,3-4H2,1-2H3,(H,23,26)/b15-14-. The summed E-state index contributed by atoms with van der Waals surface area (Å²) in [6.07, 6.45) is 1.37. The van der Waals surface area contributed by atoms with Crippen molar-refractivity contribution >= 4 is 23.0 Å². The second-order valence-electron chi connectivity index (χ2n) is 5.54. The normalized spacial score (nSPS) is 10.7. The second kappa shape index (κ2) is 9.14. The monoisotopic (exact) mass is 350 g/mol. The molecule has 0 aliphatic carbocycles. The highest BCUT2D eigenvalue weighted by Gasteiger charge is 2.09. The fourth-order valence-corrected chi connectivity index (χ4v) is 2.44. The maximum atomic E-state index is 12.2. The molecule has 2 aromatic carbocycles. The molecule has 0 bridgehead atoms. The smallest absolute Gasteiger partial charge is 0.267 e. The molecule has 6 nitrogen and oxygen atoms in total. The predicted octanol–water partition coefficient (Wildman–Crippen LogP) is 3.70. The van der Waals surface area contributed by atoms with Crippen LogP contribution in [0.3, 0.4) is 0 Å². The molecule has 0 unspecified atom stereocenters. The third kappa shape index (κ3) is 5.02. The van der Waals surface area contributed by atoms with Gasteiger partial charge in [0, 0.05) is 42.4 Å². The molecule has 2 rings (SSSR count). The first-order valence-corrected chi connectivity index (χ1v) is 8.39. The van der Waals surface area contributed by atoms with E-state index < -0.39 is 5.91 Å². The van der Waals surface area contributed by atoms with E-state index in [1.54, 1.807) is 12.1 Å². The lowest BCUT2D eigenvalue weighted by Crippen LogP contribution is -2.21. The zero-order chi connectivity index (χ0) is 18.9. The number of rotatable bonds is 7. The van der Waals surface area contributed by atoms with Crippen LogP contribution in [0.1, 0.15) is 13.8 Å². The van der Waals surface area contributed by atoms with Gasteiger partial charge in [-0.05, 0) is 50.2 Å². The number of nitriles is 1. The van der Waals surface area contributed by atoms with Gasteiger partial charge in [-0.1, -0.05) is 6.07 Å². The average molecular weight is 350 g/mol. The van der Waals surface area contributed by atoms with E-state index in [1.807, 2.05) is 30.3 Å². The molecule has 2 aromatic rings. The molecule has 0 saturated carbocycles. The Morgan fingerprint density at radius 2 is 1.85 bits per heavy atom. The van der Waals surface area contributed by atoms with Crippen molar-refractivity contribution in [1.82, 2.24) is 0 Å². The van der Waals surface area contributed by atoms with Gasteiger partial charge in [0.05, 0.1) is 0 Å². The van der Waals surface area contributed by atoms with Gasteiger partial charge in [0.15, 0.2) is 0 Å². The maximum Gasteiger partial charge on any atom is 0.267 e. The molecule has 1 amide bonds. The topological polar surface area (TPSA) is 88.4 Å². The Kier molecular flexibility index (Phi) is 6.63. The number of nitrogens with zero attached hydrogens (tertiary/aromatic N) is 2. The Bertz CT molecular complexity index is 818. The zero-order valence-electron chi connectivity index (χ0n) is 14.9. The Hall–Kier alpha value is -3.46. The summed E-state index contributed by atoms with van der Waals surface area (Å²) in [6.45, 7) is 6.05. The summed E-state index contributed by atoms with van der Waals surface area (Å²) in [4.78, 5) is 14.4. The molecule has 26 heavy (non-hydrogen) atoms. The zero-order valence-corrected chi connectivity index (χ0v) is 14.9. The van der Waals surface area contributed by atoms with E-state index in [2.05, 4.69) is 29.4 Å². The molecular formula is C20H22N4O2. The van der Waals surface area contributed by atoms with Gasteiger partial charge in [0.2, 0.25) is 0 Å². The van der Waals surface area contributed by atoms with Crippen molar-refractivity contribution in [2.75, 3.05) is 28.6 Å².